The molecule has 0 saturated carbocycles. The first kappa shape index (κ1) is 10.8. The van der Waals surface area contributed by atoms with Crippen LogP contribution in [0.3, 0.4) is 0 Å². The second-order valence-electron chi connectivity index (χ2n) is 2.92. The highest BCUT2D eigenvalue weighted by Crippen LogP contribution is 2.07. The van der Waals surface area contributed by atoms with E-state index in [1.54, 1.807) is 13.0 Å². The lowest BCUT2D eigenvalue weighted by Crippen LogP contribution is -2.12. The van der Waals surface area contributed by atoms with Gasteiger partial charge in [0.05, 0.1) is 6.54 Å². The third kappa shape index (κ3) is 3.24. The Labute approximate surface area is 81.6 Å². The van der Waals surface area contributed by atoms with E-state index in [4.69, 9.17) is 0 Å². The maximum Gasteiger partial charge on any atom is 0.255 e. The van der Waals surface area contributed by atoms with E-state index < -0.39 is 6.43 Å². The Balaban J connectivity index is 2.71. The summed E-state index contributed by atoms with van der Waals surface area (Å²) in [5.74, 6) is 1.07. The summed E-state index contributed by atoms with van der Waals surface area (Å²) in [6.07, 6.45) is -1.59. The van der Waals surface area contributed by atoms with Crippen LogP contribution in [0, 0.1) is 6.92 Å². The van der Waals surface area contributed by atoms with E-state index in [1.165, 1.54) is 0 Å². The molecule has 1 aromatic rings. The van der Waals surface area contributed by atoms with E-state index in [1.807, 2.05) is 6.92 Å². The molecule has 0 unspecified atom stereocenters. The number of hydrogen-bond donors (Lipinski definition) is 1. The van der Waals surface area contributed by atoms with E-state index >= 15 is 0 Å². The fraction of sp³-hybridized carbons (Fsp3) is 0.556. The zero-order valence-corrected chi connectivity index (χ0v) is 8.22. The van der Waals surface area contributed by atoms with Crippen LogP contribution >= 0.6 is 0 Å². The molecule has 1 rings (SSSR count). The molecule has 1 N–H and O–H groups in total. The number of aryl methyl sites for hydroxylation is 2. The number of halogens is 2. The monoisotopic (exact) mass is 201 g/mol. The molecule has 0 aliphatic heterocycles. The minimum absolute atomic E-state index is 0.375. The number of nitrogens with one attached hydrogen (secondary N) is 1. The van der Waals surface area contributed by atoms with Gasteiger partial charge in [0.2, 0.25) is 0 Å². The zero-order valence-electron chi connectivity index (χ0n) is 8.22. The number of alkyl halides is 2. The van der Waals surface area contributed by atoms with Crippen LogP contribution < -0.4 is 5.32 Å². The van der Waals surface area contributed by atoms with Gasteiger partial charge >= 0.3 is 0 Å². The first-order valence-corrected chi connectivity index (χ1v) is 4.48. The van der Waals surface area contributed by atoms with E-state index in [2.05, 4.69) is 15.3 Å². The van der Waals surface area contributed by atoms with Gasteiger partial charge in [-0.25, -0.2) is 18.7 Å². The lowest BCUT2D eigenvalue weighted by atomic mass is 10.3. The Morgan fingerprint density at radius 3 is 2.71 bits per heavy atom. The van der Waals surface area contributed by atoms with Gasteiger partial charge in [-0.15, -0.1) is 0 Å². The molecule has 0 fully saturated rings. The molecule has 0 spiro atoms. The Morgan fingerprint density at radius 2 is 2.14 bits per heavy atom. The van der Waals surface area contributed by atoms with E-state index in [-0.39, 0.29) is 6.54 Å². The molecule has 0 aromatic carbocycles. The lowest BCUT2D eigenvalue weighted by Gasteiger charge is -2.06. The predicted octanol–water partition coefficient (Wildman–Crippen LogP) is 2.02. The van der Waals surface area contributed by atoms with Gasteiger partial charge < -0.3 is 5.32 Å². The first-order valence-electron chi connectivity index (χ1n) is 4.48. The fourth-order valence-corrected chi connectivity index (χ4v) is 1.08. The lowest BCUT2D eigenvalue weighted by molar-refractivity contribution is 0.163. The molecule has 3 nitrogen and oxygen atoms in total. The van der Waals surface area contributed by atoms with Crippen LogP contribution in [0.5, 0.6) is 0 Å². The number of rotatable bonds is 4. The highest BCUT2D eigenvalue weighted by Gasteiger charge is 2.04. The second kappa shape index (κ2) is 4.83. The number of nitrogens with zero attached hydrogens (tertiary/aromatic N) is 2. The molecular weight excluding hydrogens is 188 g/mol. The molecule has 1 aromatic heterocycles. The van der Waals surface area contributed by atoms with Crippen LogP contribution in [0.25, 0.3) is 0 Å². The van der Waals surface area contributed by atoms with Gasteiger partial charge in [-0.2, -0.15) is 0 Å². The van der Waals surface area contributed by atoms with Crippen molar-refractivity contribution in [3.8, 4) is 0 Å². The number of hydrogen-bond acceptors (Lipinski definition) is 3. The molecule has 5 heteroatoms. The average molecular weight is 201 g/mol. The summed E-state index contributed by atoms with van der Waals surface area (Å²) in [4.78, 5) is 8.14. The van der Waals surface area contributed by atoms with Crippen molar-refractivity contribution in [2.24, 2.45) is 0 Å². The largest absolute Gasteiger partial charge is 0.364 e. The quantitative estimate of drug-likeness (QED) is 0.809. The molecule has 78 valence electrons. The fourth-order valence-electron chi connectivity index (χ4n) is 1.08. The van der Waals surface area contributed by atoms with Crippen molar-refractivity contribution in [1.82, 2.24) is 9.97 Å². The van der Waals surface area contributed by atoms with Crippen LogP contribution in [0.2, 0.25) is 0 Å². The molecule has 0 aliphatic rings. The Hall–Kier alpha value is -1.26. The van der Waals surface area contributed by atoms with Crippen molar-refractivity contribution in [3.05, 3.63) is 17.6 Å². The summed E-state index contributed by atoms with van der Waals surface area (Å²) in [7, 11) is 0. The van der Waals surface area contributed by atoms with Crippen molar-refractivity contribution in [2.45, 2.75) is 26.7 Å². The van der Waals surface area contributed by atoms with Crippen molar-refractivity contribution >= 4 is 5.82 Å². The van der Waals surface area contributed by atoms with Gasteiger partial charge in [-0.1, -0.05) is 6.92 Å². The summed E-state index contributed by atoms with van der Waals surface area (Å²) in [6, 6.07) is 1.69. The van der Waals surface area contributed by atoms with Crippen molar-refractivity contribution in [2.75, 3.05) is 11.9 Å². The molecule has 0 bridgehead atoms. The summed E-state index contributed by atoms with van der Waals surface area (Å²) in [6.45, 7) is 3.32. The van der Waals surface area contributed by atoms with Gasteiger partial charge in [-0.05, 0) is 13.3 Å². The van der Waals surface area contributed by atoms with Gasteiger partial charge in [-0.3, -0.25) is 0 Å². The predicted molar refractivity (Wildman–Crippen MR) is 50.6 cm³/mol. The molecule has 0 atom stereocenters. The Kier molecular flexibility index (Phi) is 3.73. The average Bonchev–Trinajstić information content (AvgIpc) is 2.14. The highest BCUT2D eigenvalue weighted by molar-refractivity contribution is 5.35. The molecule has 0 radical (unpaired) electrons. The minimum atomic E-state index is -2.37. The summed E-state index contributed by atoms with van der Waals surface area (Å²) < 4.78 is 23.8. The molecule has 14 heavy (non-hydrogen) atoms. The molecule has 1 heterocycles. The SMILES string of the molecule is CCc1cc(NCC(F)F)nc(C)n1. The molecule has 0 aliphatic carbocycles. The van der Waals surface area contributed by atoms with Crippen molar-refractivity contribution in [1.29, 1.82) is 0 Å². The Morgan fingerprint density at radius 1 is 1.43 bits per heavy atom. The first-order chi connectivity index (χ1) is 6.61. The number of anilines is 1. The smallest absolute Gasteiger partial charge is 0.255 e. The van der Waals surface area contributed by atoms with Crippen LogP contribution in [0.1, 0.15) is 18.4 Å². The second-order valence-corrected chi connectivity index (χ2v) is 2.92. The molecule has 0 amide bonds. The molecule has 0 saturated heterocycles. The third-order valence-corrected chi connectivity index (χ3v) is 1.69. The van der Waals surface area contributed by atoms with Crippen LogP contribution in [-0.2, 0) is 6.42 Å². The Bertz CT molecular complexity index is 302. The topological polar surface area (TPSA) is 37.8 Å². The van der Waals surface area contributed by atoms with E-state index in [0.717, 1.165) is 12.1 Å². The molecular formula is C9H13F2N3. The van der Waals surface area contributed by atoms with Crippen LogP contribution in [0.15, 0.2) is 6.07 Å². The normalized spacial score (nSPS) is 10.6. The maximum atomic E-state index is 11.9. The minimum Gasteiger partial charge on any atom is -0.364 e. The summed E-state index contributed by atoms with van der Waals surface area (Å²) >= 11 is 0. The van der Waals surface area contributed by atoms with E-state index in [0.29, 0.717) is 11.6 Å². The van der Waals surface area contributed by atoms with Gasteiger partial charge in [0.1, 0.15) is 11.6 Å². The van der Waals surface area contributed by atoms with Crippen molar-refractivity contribution in [3.63, 3.8) is 0 Å². The maximum absolute atomic E-state index is 11.9. The zero-order chi connectivity index (χ0) is 10.6. The summed E-state index contributed by atoms with van der Waals surface area (Å²) in [5.41, 5.74) is 0.856. The number of aromatic nitrogens is 2. The third-order valence-electron chi connectivity index (χ3n) is 1.69. The van der Waals surface area contributed by atoms with Crippen LogP contribution in [-0.4, -0.2) is 22.9 Å². The standard InChI is InChI=1S/C9H13F2N3/c1-3-7-4-9(12-5-8(10)11)14-6(2)13-7/h4,8H,3,5H2,1-2H3,(H,12,13,14). The van der Waals surface area contributed by atoms with Crippen LogP contribution in [0.4, 0.5) is 14.6 Å². The van der Waals surface area contributed by atoms with Crippen molar-refractivity contribution < 1.29 is 8.78 Å². The van der Waals surface area contributed by atoms with Gasteiger partial charge in [0.15, 0.2) is 0 Å². The van der Waals surface area contributed by atoms with Gasteiger partial charge in [0.25, 0.3) is 6.43 Å². The van der Waals surface area contributed by atoms with Gasteiger partial charge in [0, 0.05) is 11.8 Å². The summed E-state index contributed by atoms with van der Waals surface area (Å²) in [5, 5.41) is 2.56. The van der Waals surface area contributed by atoms with E-state index in [9.17, 15) is 8.78 Å². The highest BCUT2D eigenvalue weighted by atomic mass is 19.3.